The number of alkyl halides is 3. The Kier molecular flexibility index (Phi) is 5.37. The summed E-state index contributed by atoms with van der Waals surface area (Å²) in [5.74, 6) is -1.28. The number of nitrogens with one attached hydrogen (secondary N) is 1. The highest BCUT2D eigenvalue weighted by Gasteiger charge is 2.29. The van der Waals surface area contributed by atoms with Crippen LogP contribution in [0.15, 0.2) is 18.3 Å². The number of imide groups is 1. The van der Waals surface area contributed by atoms with Crippen LogP contribution in [0.5, 0.6) is 5.88 Å². The highest BCUT2D eigenvalue weighted by molar-refractivity contribution is 6.02. The van der Waals surface area contributed by atoms with Gasteiger partial charge in [-0.1, -0.05) is 0 Å². The van der Waals surface area contributed by atoms with Crippen molar-refractivity contribution in [3.05, 3.63) is 18.3 Å². The van der Waals surface area contributed by atoms with E-state index in [2.05, 4.69) is 15.0 Å². The van der Waals surface area contributed by atoms with E-state index in [0.29, 0.717) is 0 Å². The first kappa shape index (κ1) is 17.7. The van der Waals surface area contributed by atoms with E-state index < -0.39 is 18.7 Å². The molecule has 1 fully saturated rings. The molecule has 130 valence electrons. The smallest absolute Gasteiger partial charge is 0.422 e. The van der Waals surface area contributed by atoms with Crippen LogP contribution in [0, 0.1) is 0 Å². The average molecular weight is 345 g/mol. The van der Waals surface area contributed by atoms with Gasteiger partial charge in [-0.3, -0.25) is 19.3 Å². The van der Waals surface area contributed by atoms with Gasteiger partial charge in [-0.15, -0.1) is 0 Å². The first-order valence-electron chi connectivity index (χ1n) is 7.03. The molecule has 1 aliphatic rings. The average Bonchev–Trinajstić information content (AvgIpc) is 2.82. The summed E-state index contributed by atoms with van der Waals surface area (Å²) in [6.07, 6.45) is -3.08. The molecule has 0 aliphatic carbocycles. The summed E-state index contributed by atoms with van der Waals surface area (Å²) >= 11 is 0. The number of amides is 3. The minimum absolute atomic E-state index is 0.0102. The Bertz CT molecular complexity index is 615. The van der Waals surface area contributed by atoms with Crippen LogP contribution in [0.2, 0.25) is 0 Å². The Morgan fingerprint density at radius 3 is 2.46 bits per heavy atom. The van der Waals surface area contributed by atoms with Gasteiger partial charge < -0.3 is 10.1 Å². The topological polar surface area (TPSA) is 88.6 Å². The van der Waals surface area contributed by atoms with Crippen LogP contribution >= 0.6 is 0 Å². The first-order valence-corrected chi connectivity index (χ1v) is 7.03. The summed E-state index contributed by atoms with van der Waals surface area (Å²) in [6.45, 7) is -1.46. The van der Waals surface area contributed by atoms with Crippen molar-refractivity contribution in [2.24, 2.45) is 0 Å². The first-order chi connectivity index (χ1) is 11.2. The number of anilines is 1. The third kappa shape index (κ3) is 5.21. The third-order valence-corrected chi connectivity index (χ3v) is 3.12. The monoisotopic (exact) mass is 345 g/mol. The Hall–Kier alpha value is -2.65. The summed E-state index contributed by atoms with van der Waals surface area (Å²) in [6, 6.07) is 2.53. The van der Waals surface area contributed by atoms with Crippen LogP contribution in [0.3, 0.4) is 0 Å². The van der Waals surface area contributed by atoms with Crippen molar-refractivity contribution >= 4 is 23.4 Å². The molecule has 1 saturated heterocycles. The molecule has 1 aromatic heterocycles. The maximum Gasteiger partial charge on any atom is 0.422 e. The largest absolute Gasteiger partial charge is 0.468 e. The fraction of sp³-hybridized carbons (Fsp3) is 0.429. The predicted octanol–water partition coefficient (Wildman–Crippen LogP) is 1.50. The fourth-order valence-electron chi connectivity index (χ4n) is 2.00. The zero-order valence-corrected chi connectivity index (χ0v) is 12.4. The molecule has 0 aromatic carbocycles. The third-order valence-electron chi connectivity index (χ3n) is 3.12. The van der Waals surface area contributed by atoms with Gasteiger partial charge in [0.1, 0.15) is 0 Å². The lowest BCUT2D eigenvalue weighted by Crippen LogP contribution is -2.32. The van der Waals surface area contributed by atoms with Crippen LogP contribution in [0.1, 0.15) is 19.3 Å². The van der Waals surface area contributed by atoms with E-state index in [4.69, 9.17) is 0 Å². The van der Waals surface area contributed by atoms with Gasteiger partial charge in [-0.25, -0.2) is 4.98 Å². The maximum absolute atomic E-state index is 12.0. The second-order valence-corrected chi connectivity index (χ2v) is 5.03. The van der Waals surface area contributed by atoms with Crippen molar-refractivity contribution in [3.8, 4) is 5.88 Å². The molecule has 0 unspecified atom stereocenters. The molecule has 2 heterocycles. The minimum atomic E-state index is -4.46. The van der Waals surface area contributed by atoms with Crippen LogP contribution in [-0.4, -0.2) is 46.9 Å². The molecular weight excluding hydrogens is 331 g/mol. The number of nitrogens with zero attached hydrogens (tertiary/aromatic N) is 2. The quantitative estimate of drug-likeness (QED) is 0.790. The van der Waals surface area contributed by atoms with Crippen molar-refractivity contribution < 1.29 is 32.3 Å². The van der Waals surface area contributed by atoms with E-state index in [0.717, 1.165) is 11.1 Å². The number of halogens is 3. The number of rotatable bonds is 6. The van der Waals surface area contributed by atoms with E-state index >= 15 is 0 Å². The molecule has 0 bridgehead atoms. The summed E-state index contributed by atoms with van der Waals surface area (Å²) in [5, 5.41) is 2.47. The SMILES string of the molecule is O=C(CCN1C(=O)CCC1=O)Nc1ccc(OCC(F)(F)F)nc1. The Labute approximate surface area is 134 Å². The molecule has 0 radical (unpaired) electrons. The lowest BCUT2D eigenvalue weighted by Gasteiger charge is -2.13. The van der Waals surface area contributed by atoms with E-state index in [1.807, 2.05) is 0 Å². The number of hydrogen-bond donors (Lipinski definition) is 1. The standard InChI is InChI=1S/C14H14F3N3O4/c15-14(16,17)8-24-11-2-1-9(7-18-11)19-10(21)5-6-20-12(22)3-4-13(20)23/h1-2,7H,3-6,8H2,(H,19,21). The zero-order chi connectivity index (χ0) is 17.7. The zero-order valence-electron chi connectivity index (χ0n) is 12.4. The number of aromatic nitrogens is 1. The molecular formula is C14H14F3N3O4. The van der Waals surface area contributed by atoms with Crippen LogP contribution in [-0.2, 0) is 14.4 Å². The number of carbonyl (C=O) groups is 3. The maximum atomic E-state index is 12.0. The Morgan fingerprint density at radius 1 is 1.25 bits per heavy atom. The second kappa shape index (κ2) is 7.28. The van der Waals surface area contributed by atoms with Gasteiger partial charge >= 0.3 is 6.18 Å². The van der Waals surface area contributed by atoms with Gasteiger partial charge in [-0.2, -0.15) is 13.2 Å². The Morgan fingerprint density at radius 2 is 1.92 bits per heavy atom. The van der Waals surface area contributed by atoms with Gasteiger partial charge in [-0.05, 0) is 6.07 Å². The van der Waals surface area contributed by atoms with Crippen molar-refractivity contribution in [2.45, 2.75) is 25.4 Å². The van der Waals surface area contributed by atoms with E-state index in [1.165, 1.54) is 12.1 Å². The lowest BCUT2D eigenvalue weighted by atomic mass is 10.3. The van der Waals surface area contributed by atoms with Gasteiger partial charge in [0.25, 0.3) is 0 Å². The molecule has 0 spiro atoms. The summed E-state index contributed by atoms with van der Waals surface area (Å²) in [5.41, 5.74) is 0.262. The van der Waals surface area contributed by atoms with Crippen molar-refractivity contribution in [2.75, 3.05) is 18.5 Å². The number of ether oxygens (including phenoxy) is 1. The van der Waals surface area contributed by atoms with Crippen molar-refractivity contribution in [3.63, 3.8) is 0 Å². The molecule has 1 aliphatic heterocycles. The lowest BCUT2D eigenvalue weighted by molar-refractivity contribution is -0.154. The minimum Gasteiger partial charge on any atom is -0.468 e. The molecule has 2 rings (SSSR count). The molecule has 24 heavy (non-hydrogen) atoms. The number of pyridine rings is 1. The highest BCUT2D eigenvalue weighted by Crippen LogP contribution is 2.18. The normalized spacial score (nSPS) is 14.9. The van der Waals surface area contributed by atoms with E-state index in [-0.39, 0.29) is 49.2 Å². The second-order valence-electron chi connectivity index (χ2n) is 5.03. The van der Waals surface area contributed by atoms with Crippen molar-refractivity contribution in [1.29, 1.82) is 0 Å². The summed E-state index contributed by atoms with van der Waals surface area (Å²) in [4.78, 5) is 39.2. The number of hydrogen-bond acceptors (Lipinski definition) is 5. The van der Waals surface area contributed by atoms with E-state index in [1.54, 1.807) is 0 Å². The Balaban J connectivity index is 1.79. The van der Waals surface area contributed by atoms with Crippen LogP contribution in [0.4, 0.5) is 18.9 Å². The van der Waals surface area contributed by atoms with Gasteiger partial charge in [0.15, 0.2) is 6.61 Å². The molecule has 3 amide bonds. The summed E-state index contributed by atoms with van der Waals surface area (Å²) in [7, 11) is 0. The van der Waals surface area contributed by atoms with Crippen LogP contribution < -0.4 is 10.1 Å². The van der Waals surface area contributed by atoms with Crippen molar-refractivity contribution in [1.82, 2.24) is 9.88 Å². The van der Waals surface area contributed by atoms with Gasteiger partial charge in [0, 0.05) is 31.9 Å². The van der Waals surface area contributed by atoms with E-state index in [9.17, 15) is 27.6 Å². The molecule has 7 nitrogen and oxygen atoms in total. The fourth-order valence-corrected chi connectivity index (χ4v) is 2.00. The van der Waals surface area contributed by atoms with Gasteiger partial charge in [0.2, 0.25) is 23.6 Å². The molecule has 1 N–H and O–H groups in total. The van der Waals surface area contributed by atoms with Crippen LogP contribution in [0.25, 0.3) is 0 Å². The molecule has 0 saturated carbocycles. The van der Waals surface area contributed by atoms with Gasteiger partial charge in [0.05, 0.1) is 11.9 Å². The molecule has 0 atom stereocenters. The number of likely N-dealkylation sites (tertiary alicyclic amines) is 1. The summed E-state index contributed by atoms with van der Waals surface area (Å²) < 4.78 is 40.4. The molecule has 10 heteroatoms. The number of carbonyl (C=O) groups excluding carboxylic acids is 3. The molecule has 1 aromatic rings. The predicted molar refractivity (Wildman–Crippen MR) is 75.0 cm³/mol. The highest BCUT2D eigenvalue weighted by atomic mass is 19.4.